The lowest BCUT2D eigenvalue weighted by Crippen LogP contribution is -2.26. The van der Waals surface area contributed by atoms with Crippen molar-refractivity contribution in [3.05, 3.63) is 63.8 Å². The summed E-state index contributed by atoms with van der Waals surface area (Å²) in [5.74, 6) is -0.0505. The number of carbonyl (C=O) groups excluding carboxylic acids is 1. The quantitative estimate of drug-likeness (QED) is 0.372. The van der Waals surface area contributed by atoms with Crippen molar-refractivity contribution in [2.45, 2.75) is 46.5 Å². The van der Waals surface area contributed by atoms with E-state index in [1.54, 1.807) is 12.1 Å². The highest BCUT2D eigenvalue weighted by atomic mass is 35.5. The van der Waals surface area contributed by atoms with Gasteiger partial charge in [-0.15, -0.1) is 0 Å². The molecule has 0 atom stereocenters. The van der Waals surface area contributed by atoms with E-state index in [9.17, 15) is 9.90 Å². The fourth-order valence-corrected chi connectivity index (χ4v) is 4.14. The van der Waals surface area contributed by atoms with Crippen molar-refractivity contribution < 1.29 is 9.90 Å². The highest BCUT2D eigenvalue weighted by Crippen LogP contribution is 2.35. The summed E-state index contributed by atoms with van der Waals surface area (Å²) in [5.41, 5.74) is 4.68. The Morgan fingerprint density at radius 1 is 1.20 bits per heavy atom. The third-order valence-electron chi connectivity index (χ3n) is 5.41. The van der Waals surface area contributed by atoms with Crippen LogP contribution in [0.4, 0.5) is 0 Å². The Bertz CT molecular complexity index is 1090. The first-order valence-electron chi connectivity index (χ1n) is 10.3. The van der Waals surface area contributed by atoms with E-state index in [1.807, 2.05) is 23.6 Å². The number of unbranched alkanes of at least 4 members (excludes halogenated alkanes) is 1. The molecule has 4 nitrogen and oxygen atoms in total. The Morgan fingerprint density at radius 3 is 2.53 bits per heavy atom. The summed E-state index contributed by atoms with van der Waals surface area (Å²) in [7, 11) is 0. The number of phenols is 1. The van der Waals surface area contributed by atoms with Gasteiger partial charge in [-0.05, 0) is 43.0 Å². The molecule has 0 radical (unpaired) electrons. The summed E-state index contributed by atoms with van der Waals surface area (Å²) >= 11 is 12.0. The second-order valence-corrected chi connectivity index (χ2v) is 8.25. The summed E-state index contributed by atoms with van der Waals surface area (Å²) in [6, 6.07) is 11.5. The second-order valence-electron chi connectivity index (χ2n) is 7.46. The smallest absolute Gasteiger partial charge is 0.224 e. The van der Waals surface area contributed by atoms with Crippen LogP contribution in [0.5, 0.6) is 5.75 Å². The normalized spacial score (nSPS) is 11.1. The molecule has 1 amide bonds. The zero-order chi connectivity index (χ0) is 21.8. The highest BCUT2D eigenvalue weighted by Gasteiger charge is 2.21. The minimum Gasteiger partial charge on any atom is -0.506 e. The Kier molecular flexibility index (Phi) is 7.16. The lowest BCUT2D eigenvalue weighted by molar-refractivity contribution is -0.120. The maximum atomic E-state index is 12.5. The minimum atomic E-state index is -0.0433. The maximum Gasteiger partial charge on any atom is 0.224 e. The third kappa shape index (κ3) is 4.52. The first-order chi connectivity index (χ1) is 14.4. The van der Waals surface area contributed by atoms with E-state index in [1.165, 1.54) is 5.56 Å². The van der Waals surface area contributed by atoms with Gasteiger partial charge < -0.3 is 15.0 Å². The molecule has 1 aromatic heterocycles. The van der Waals surface area contributed by atoms with E-state index < -0.39 is 0 Å². The van der Waals surface area contributed by atoms with Gasteiger partial charge >= 0.3 is 0 Å². The average molecular weight is 443 g/mol. The first kappa shape index (κ1) is 22.3. The number of fused-ring (bicyclic) bond motifs is 1. The number of rotatable bonds is 7. The second kappa shape index (κ2) is 9.63. The number of amides is 1. The van der Waals surface area contributed by atoms with Gasteiger partial charge in [0.1, 0.15) is 10.7 Å². The standard InChI is InChI=1S/C24H27ClN2O2S/c1-4-6-11-26-23(29)13-18-15(3)27(21-14-20(25)22(28)12-19(18)21)24(30)17-9-7-16(5-2)8-10-17/h7-10,12,14,28H,4-6,11,13H2,1-3H3,(H,26,29). The predicted molar refractivity (Wildman–Crippen MR) is 128 cm³/mol. The molecule has 1 heterocycles. The molecule has 6 heteroatoms. The van der Waals surface area contributed by atoms with Crippen LogP contribution < -0.4 is 5.32 Å². The monoisotopic (exact) mass is 442 g/mol. The number of benzene rings is 2. The SMILES string of the molecule is CCCCNC(=O)Cc1c(C)n(C(=S)c2ccc(CC)cc2)c2cc(Cl)c(O)cc12. The van der Waals surface area contributed by atoms with Crippen molar-refractivity contribution in [2.75, 3.05) is 6.54 Å². The summed E-state index contributed by atoms with van der Waals surface area (Å²) < 4.78 is 1.95. The van der Waals surface area contributed by atoms with Crippen molar-refractivity contribution in [1.29, 1.82) is 0 Å². The van der Waals surface area contributed by atoms with Crippen LogP contribution in [-0.2, 0) is 17.6 Å². The number of carbonyl (C=O) groups is 1. The van der Waals surface area contributed by atoms with Gasteiger partial charge in [-0.3, -0.25) is 4.79 Å². The number of phenolic OH excluding ortho intramolecular Hbond substituents is 1. The molecule has 0 saturated heterocycles. The summed E-state index contributed by atoms with van der Waals surface area (Å²) in [5, 5.41) is 14.2. The zero-order valence-corrected chi connectivity index (χ0v) is 19.2. The molecule has 0 unspecified atom stereocenters. The first-order valence-corrected chi connectivity index (χ1v) is 11.1. The van der Waals surface area contributed by atoms with Gasteiger partial charge in [0.2, 0.25) is 5.91 Å². The molecular formula is C24H27ClN2O2S. The van der Waals surface area contributed by atoms with Gasteiger partial charge in [0.05, 0.1) is 17.0 Å². The fourth-order valence-electron chi connectivity index (χ4n) is 3.61. The Labute approximate surface area is 187 Å². The van der Waals surface area contributed by atoms with E-state index in [4.69, 9.17) is 23.8 Å². The van der Waals surface area contributed by atoms with Crippen molar-refractivity contribution >= 4 is 45.6 Å². The Morgan fingerprint density at radius 2 is 1.90 bits per heavy atom. The van der Waals surface area contributed by atoms with Gasteiger partial charge in [-0.2, -0.15) is 0 Å². The summed E-state index contributed by atoms with van der Waals surface area (Å²) in [6.07, 6.45) is 3.15. The molecule has 0 aliphatic carbocycles. The molecular weight excluding hydrogens is 416 g/mol. The molecule has 3 rings (SSSR count). The lowest BCUT2D eigenvalue weighted by Gasteiger charge is -2.12. The molecule has 0 aliphatic rings. The van der Waals surface area contributed by atoms with Crippen LogP contribution in [0.15, 0.2) is 36.4 Å². The number of hydrogen-bond donors (Lipinski definition) is 2. The molecule has 0 bridgehead atoms. The van der Waals surface area contributed by atoms with Crippen molar-refractivity contribution in [1.82, 2.24) is 9.88 Å². The lowest BCUT2D eigenvalue weighted by atomic mass is 10.1. The van der Waals surface area contributed by atoms with Gasteiger partial charge in [-0.25, -0.2) is 0 Å². The average Bonchev–Trinajstić information content (AvgIpc) is 2.99. The number of aromatic hydroxyl groups is 1. The topological polar surface area (TPSA) is 54.3 Å². The third-order valence-corrected chi connectivity index (χ3v) is 6.13. The number of aryl methyl sites for hydroxylation is 1. The largest absolute Gasteiger partial charge is 0.506 e. The van der Waals surface area contributed by atoms with Crippen LogP contribution in [0.3, 0.4) is 0 Å². The molecule has 2 aromatic carbocycles. The molecule has 2 N–H and O–H groups in total. The highest BCUT2D eigenvalue weighted by molar-refractivity contribution is 7.80. The molecule has 158 valence electrons. The number of thiocarbonyl (C=S) groups is 1. The molecule has 0 aliphatic heterocycles. The van der Waals surface area contributed by atoms with Crippen molar-refractivity contribution in [3.63, 3.8) is 0 Å². The van der Waals surface area contributed by atoms with Crippen molar-refractivity contribution in [3.8, 4) is 5.75 Å². The maximum absolute atomic E-state index is 12.5. The Hall–Kier alpha value is -2.37. The van der Waals surface area contributed by atoms with Crippen LogP contribution in [0.1, 0.15) is 49.1 Å². The number of nitrogens with zero attached hydrogens (tertiary/aromatic N) is 1. The predicted octanol–water partition coefficient (Wildman–Crippen LogP) is 5.55. The zero-order valence-electron chi connectivity index (χ0n) is 17.6. The van der Waals surface area contributed by atoms with Gasteiger partial charge in [-0.1, -0.05) is 68.4 Å². The van der Waals surface area contributed by atoms with E-state index in [0.29, 0.717) is 11.5 Å². The number of nitrogens with one attached hydrogen (secondary N) is 1. The molecule has 30 heavy (non-hydrogen) atoms. The van der Waals surface area contributed by atoms with E-state index in [-0.39, 0.29) is 23.1 Å². The molecule has 0 fully saturated rings. The van der Waals surface area contributed by atoms with Crippen LogP contribution >= 0.6 is 23.8 Å². The summed E-state index contributed by atoms with van der Waals surface area (Å²) in [6.45, 7) is 6.81. The van der Waals surface area contributed by atoms with Crippen LogP contribution in [-0.4, -0.2) is 27.1 Å². The number of hydrogen-bond acceptors (Lipinski definition) is 3. The van der Waals surface area contributed by atoms with E-state index in [0.717, 1.165) is 47.0 Å². The van der Waals surface area contributed by atoms with Gasteiger partial charge in [0, 0.05) is 23.2 Å². The molecule has 3 aromatic rings. The van der Waals surface area contributed by atoms with Crippen molar-refractivity contribution in [2.24, 2.45) is 0 Å². The minimum absolute atomic E-state index is 0.00725. The summed E-state index contributed by atoms with van der Waals surface area (Å²) in [4.78, 5) is 13.2. The van der Waals surface area contributed by atoms with Crippen LogP contribution in [0.2, 0.25) is 5.02 Å². The van der Waals surface area contributed by atoms with Crippen LogP contribution in [0, 0.1) is 6.92 Å². The Balaban J connectivity index is 2.07. The van der Waals surface area contributed by atoms with E-state index >= 15 is 0 Å². The van der Waals surface area contributed by atoms with Gasteiger partial charge in [0.25, 0.3) is 0 Å². The molecule has 0 saturated carbocycles. The van der Waals surface area contributed by atoms with E-state index in [2.05, 4.69) is 31.3 Å². The molecule has 0 spiro atoms. The van der Waals surface area contributed by atoms with Crippen LogP contribution in [0.25, 0.3) is 10.9 Å². The number of aromatic nitrogens is 1. The fraction of sp³-hybridized carbons (Fsp3) is 0.333. The number of halogens is 1. The van der Waals surface area contributed by atoms with Gasteiger partial charge in [0.15, 0.2) is 0 Å².